The average Bonchev–Trinajstić information content (AvgIpc) is 3.14. The van der Waals surface area contributed by atoms with Crippen molar-refractivity contribution in [3.05, 3.63) is 71.0 Å². The summed E-state index contributed by atoms with van der Waals surface area (Å²) in [5.41, 5.74) is 2.09. The van der Waals surface area contributed by atoms with E-state index in [4.69, 9.17) is 4.74 Å². The van der Waals surface area contributed by atoms with Crippen LogP contribution in [0, 0.1) is 0 Å². The number of amides is 2. The van der Waals surface area contributed by atoms with Gasteiger partial charge in [-0.05, 0) is 42.0 Å². The lowest BCUT2D eigenvalue weighted by atomic mass is 10.2. The van der Waals surface area contributed by atoms with Crippen LogP contribution in [0.3, 0.4) is 0 Å². The fourth-order valence-electron chi connectivity index (χ4n) is 2.29. The van der Waals surface area contributed by atoms with Crippen molar-refractivity contribution in [2.24, 2.45) is 0 Å². The summed E-state index contributed by atoms with van der Waals surface area (Å²) >= 11 is 1.28. The smallest absolute Gasteiger partial charge is 0.257 e. The summed E-state index contributed by atoms with van der Waals surface area (Å²) in [6.45, 7) is 0.437. The molecule has 0 radical (unpaired) electrons. The molecule has 138 valence electrons. The monoisotopic (exact) mass is 382 g/mol. The van der Waals surface area contributed by atoms with E-state index in [0.717, 1.165) is 5.56 Å². The summed E-state index contributed by atoms with van der Waals surface area (Å²) in [6.07, 6.45) is 3.51. The predicted molar refractivity (Wildman–Crippen MR) is 103 cm³/mol. The van der Waals surface area contributed by atoms with Gasteiger partial charge in [-0.25, -0.2) is 4.98 Å². The third kappa shape index (κ3) is 5.35. The zero-order valence-electron chi connectivity index (χ0n) is 14.6. The lowest BCUT2D eigenvalue weighted by Gasteiger charge is -2.04. The van der Waals surface area contributed by atoms with E-state index in [9.17, 15) is 9.59 Å². The summed E-state index contributed by atoms with van der Waals surface area (Å²) in [4.78, 5) is 32.5. The molecule has 0 saturated heterocycles. The second-order valence-corrected chi connectivity index (χ2v) is 6.49. The van der Waals surface area contributed by atoms with Crippen LogP contribution in [-0.2, 0) is 17.8 Å². The number of pyridine rings is 1. The maximum atomic E-state index is 12.2. The van der Waals surface area contributed by atoms with Crippen LogP contribution in [-0.4, -0.2) is 28.9 Å². The number of anilines is 1. The maximum absolute atomic E-state index is 12.2. The van der Waals surface area contributed by atoms with Crippen LogP contribution in [0.25, 0.3) is 0 Å². The molecule has 0 aliphatic carbocycles. The number of thiazole rings is 1. The predicted octanol–water partition coefficient (Wildman–Crippen LogP) is 2.66. The number of aromatic nitrogens is 2. The van der Waals surface area contributed by atoms with E-state index in [-0.39, 0.29) is 18.2 Å². The minimum Gasteiger partial charge on any atom is -0.497 e. The van der Waals surface area contributed by atoms with Crippen molar-refractivity contribution in [2.75, 3.05) is 12.4 Å². The standard InChI is InChI=1S/C19H18N4O3S/c1-26-16-4-2-14(3-5-16)18(25)23-19-22-15(12-27-19)10-17(24)21-11-13-6-8-20-9-7-13/h2-9,12H,10-11H2,1H3,(H,21,24)(H,22,23,25). The van der Waals surface area contributed by atoms with Crippen LogP contribution in [0.15, 0.2) is 54.2 Å². The van der Waals surface area contributed by atoms with Crippen LogP contribution in [0.2, 0.25) is 0 Å². The Morgan fingerprint density at radius 1 is 1.11 bits per heavy atom. The van der Waals surface area contributed by atoms with Crippen molar-refractivity contribution in [1.29, 1.82) is 0 Å². The second-order valence-electron chi connectivity index (χ2n) is 5.64. The van der Waals surface area contributed by atoms with E-state index in [1.165, 1.54) is 11.3 Å². The summed E-state index contributed by atoms with van der Waals surface area (Å²) in [7, 11) is 1.57. The molecule has 27 heavy (non-hydrogen) atoms. The number of carbonyl (C=O) groups is 2. The van der Waals surface area contributed by atoms with Gasteiger partial charge in [0.2, 0.25) is 5.91 Å². The van der Waals surface area contributed by atoms with E-state index in [2.05, 4.69) is 20.6 Å². The molecule has 8 heteroatoms. The van der Waals surface area contributed by atoms with Crippen LogP contribution < -0.4 is 15.4 Å². The van der Waals surface area contributed by atoms with Gasteiger partial charge in [-0.2, -0.15) is 0 Å². The number of hydrogen-bond donors (Lipinski definition) is 2. The van der Waals surface area contributed by atoms with E-state index in [0.29, 0.717) is 28.7 Å². The molecule has 3 aromatic rings. The molecule has 0 spiro atoms. The third-order valence-corrected chi connectivity index (χ3v) is 4.51. The molecule has 2 amide bonds. The molecule has 3 rings (SSSR count). The molecule has 0 atom stereocenters. The van der Waals surface area contributed by atoms with Crippen LogP contribution >= 0.6 is 11.3 Å². The number of rotatable bonds is 7. The number of ether oxygens (including phenoxy) is 1. The Hall–Kier alpha value is -3.26. The first-order valence-corrected chi connectivity index (χ1v) is 9.07. The number of hydrogen-bond acceptors (Lipinski definition) is 6. The second kappa shape index (κ2) is 8.91. The van der Waals surface area contributed by atoms with E-state index in [1.807, 2.05) is 12.1 Å². The molecule has 0 fully saturated rings. The molecule has 2 aromatic heterocycles. The highest BCUT2D eigenvalue weighted by Gasteiger charge is 2.11. The fourth-order valence-corrected chi connectivity index (χ4v) is 2.99. The Labute approximate surface area is 160 Å². The summed E-state index contributed by atoms with van der Waals surface area (Å²) in [5, 5.41) is 7.78. The zero-order chi connectivity index (χ0) is 19.1. The Kier molecular flexibility index (Phi) is 6.11. The Morgan fingerprint density at radius 2 is 1.85 bits per heavy atom. The van der Waals surface area contributed by atoms with Crippen LogP contribution in [0.5, 0.6) is 5.75 Å². The fraction of sp³-hybridized carbons (Fsp3) is 0.158. The van der Waals surface area contributed by atoms with Gasteiger partial charge in [0, 0.05) is 29.9 Å². The van der Waals surface area contributed by atoms with Crippen molar-refractivity contribution >= 4 is 28.3 Å². The van der Waals surface area contributed by atoms with Crippen molar-refractivity contribution in [2.45, 2.75) is 13.0 Å². The SMILES string of the molecule is COc1ccc(C(=O)Nc2nc(CC(=O)NCc3ccncc3)cs2)cc1. The van der Waals surface area contributed by atoms with Crippen LogP contribution in [0.4, 0.5) is 5.13 Å². The van der Waals surface area contributed by atoms with Gasteiger partial charge in [0.05, 0.1) is 19.2 Å². The highest BCUT2D eigenvalue weighted by molar-refractivity contribution is 7.14. The number of nitrogens with zero attached hydrogens (tertiary/aromatic N) is 2. The molecule has 2 N–H and O–H groups in total. The molecular formula is C19H18N4O3S. The molecule has 2 heterocycles. The van der Waals surface area contributed by atoms with Crippen molar-refractivity contribution in [3.8, 4) is 5.75 Å². The molecule has 0 bridgehead atoms. The van der Waals surface area contributed by atoms with Gasteiger partial charge in [0.1, 0.15) is 5.75 Å². The maximum Gasteiger partial charge on any atom is 0.257 e. The Bertz CT molecular complexity index is 910. The van der Waals surface area contributed by atoms with E-state index < -0.39 is 0 Å². The molecule has 0 unspecified atom stereocenters. The highest BCUT2D eigenvalue weighted by atomic mass is 32.1. The molecular weight excluding hydrogens is 364 g/mol. The number of carbonyl (C=O) groups excluding carboxylic acids is 2. The normalized spacial score (nSPS) is 10.3. The van der Waals surface area contributed by atoms with Gasteiger partial charge in [0.15, 0.2) is 5.13 Å². The summed E-state index contributed by atoms with van der Waals surface area (Å²) in [5.74, 6) is 0.284. The number of methoxy groups -OCH3 is 1. The van der Waals surface area contributed by atoms with E-state index >= 15 is 0 Å². The highest BCUT2D eigenvalue weighted by Crippen LogP contribution is 2.18. The van der Waals surface area contributed by atoms with Gasteiger partial charge in [-0.1, -0.05) is 0 Å². The Morgan fingerprint density at radius 3 is 2.56 bits per heavy atom. The summed E-state index contributed by atoms with van der Waals surface area (Å²) in [6, 6.07) is 10.5. The minimum atomic E-state index is -0.263. The van der Waals surface area contributed by atoms with E-state index in [1.54, 1.807) is 49.1 Å². The van der Waals surface area contributed by atoms with Gasteiger partial charge < -0.3 is 10.1 Å². The number of nitrogens with one attached hydrogen (secondary N) is 2. The largest absolute Gasteiger partial charge is 0.497 e. The minimum absolute atomic E-state index is 0.134. The number of benzene rings is 1. The van der Waals surface area contributed by atoms with Crippen molar-refractivity contribution < 1.29 is 14.3 Å². The molecule has 1 aromatic carbocycles. The quantitative estimate of drug-likeness (QED) is 0.655. The first-order chi connectivity index (χ1) is 13.1. The van der Waals surface area contributed by atoms with Crippen LogP contribution in [0.1, 0.15) is 21.6 Å². The molecule has 0 aliphatic rings. The zero-order valence-corrected chi connectivity index (χ0v) is 15.5. The lowest BCUT2D eigenvalue weighted by molar-refractivity contribution is -0.120. The first kappa shape index (κ1) is 18.5. The Balaban J connectivity index is 1.51. The molecule has 0 aliphatic heterocycles. The molecule has 7 nitrogen and oxygen atoms in total. The molecule has 0 saturated carbocycles. The third-order valence-electron chi connectivity index (χ3n) is 3.71. The van der Waals surface area contributed by atoms with Gasteiger partial charge >= 0.3 is 0 Å². The topological polar surface area (TPSA) is 93.2 Å². The average molecular weight is 382 g/mol. The van der Waals surface area contributed by atoms with Gasteiger partial charge in [0.25, 0.3) is 5.91 Å². The van der Waals surface area contributed by atoms with Crippen molar-refractivity contribution in [3.63, 3.8) is 0 Å². The first-order valence-electron chi connectivity index (χ1n) is 8.19. The van der Waals surface area contributed by atoms with Gasteiger partial charge in [-0.15, -0.1) is 11.3 Å². The lowest BCUT2D eigenvalue weighted by Crippen LogP contribution is -2.24. The van der Waals surface area contributed by atoms with Crippen molar-refractivity contribution in [1.82, 2.24) is 15.3 Å². The summed E-state index contributed by atoms with van der Waals surface area (Å²) < 4.78 is 5.07. The van der Waals surface area contributed by atoms with Gasteiger partial charge in [-0.3, -0.25) is 19.9 Å².